The topological polar surface area (TPSA) is 152 Å². The van der Waals surface area contributed by atoms with Crippen molar-refractivity contribution in [2.45, 2.75) is 23.5 Å². The highest BCUT2D eigenvalue weighted by Crippen LogP contribution is 2.38. The summed E-state index contributed by atoms with van der Waals surface area (Å²) in [4.78, 5) is 51.7. The molecule has 248 valence electrons. The Labute approximate surface area is 282 Å². The Hall–Kier alpha value is -5.75. The third kappa shape index (κ3) is 9.17. The molecule has 3 amide bonds. The maximum Gasteiger partial charge on any atom is 0.335 e. The van der Waals surface area contributed by atoms with Gasteiger partial charge in [-0.1, -0.05) is 31.2 Å². The Morgan fingerprint density at radius 3 is 2.02 bits per heavy atom. The maximum absolute atomic E-state index is 13.7. The minimum Gasteiger partial charge on any atom is -0.493 e. The van der Waals surface area contributed by atoms with Gasteiger partial charge in [0.2, 0.25) is 11.7 Å². The minimum absolute atomic E-state index is 0.0455. The van der Waals surface area contributed by atoms with Crippen molar-refractivity contribution in [2.24, 2.45) is 0 Å². The number of amides is 3. The lowest BCUT2D eigenvalue weighted by molar-refractivity contribution is -0.116. The molecule has 1 unspecified atom stereocenters. The first kappa shape index (κ1) is 35.1. The van der Waals surface area contributed by atoms with Gasteiger partial charge in [0.05, 0.1) is 32.1 Å². The second-order valence-corrected chi connectivity index (χ2v) is 11.5. The molecule has 11 nitrogen and oxygen atoms in total. The molecule has 4 aromatic rings. The maximum atomic E-state index is 13.7. The Kier molecular flexibility index (Phi) is 12.2. The number of rotatable bonds is 14. The SMILES string of the molecule is CCC(Sc1cccc(NC(=O)/C(=C\c2cc(OC)c(OC)c(OC)c2)NC(=O)c2ccccc2)c1)C(=O)Nc1ccc(C(=O)O)cc1. The number of anilines is 2. The Bertz CT molecular complexity index is 1780. The van der Waals surface area contributed by atoms with Crippen LogP contribution >= 0.6 is 11.8 Å². The van der Waals surface area contributed by atoms with E-state index in [0.717, 1.165) is 4.90 Å². The van der Waals surface area contributed by atoms with Crippen LogP contribution in [0.3, 0.4) is 0 Å². The summed E-state index contributed by atoms with van der Waals surface area (Å²) >= 11 is 1.31. The smallest absolute Gasteiger partial charge is 0.335 e. The highest BCUT2D eigenvalue weighted by Gasteiger charge is 2.20. The Morgan fingerprint density at radius 1 is 0.771 bits per heavy atom. The summed E-state index contributed by atoms with van der Waals surface area (Å²) in [5, 5.41) is 17.0. The van der Waals surface area contributed by atoms with Gasteiger partial charge in [0.1, 0.15) is 5.70 Å². The molecule has 0 bridgehead atoms. The van der Waals surface area contributed by atoms with Crippen molar-refractivity contribution in [1.29, 1.82) is 0 Å². The van der Waals surface area contributed by atoms with Crippen LogP contribution in [0.5, 0.6) is 17.2 Å². The van der Waals surface area contributed by atoms with Crippen molar-refractivity contribution in [2.75, 3.05) is 32.0 Å². The number of nitrogens with one attached hydrogen (secondary N) is 3. The van der Waals surface area contributed by atoms with E-state index in [-0.39, 0.29) is 17.2 Å². The lowest BCUT2D eigenvalue weighted by atomic mass is 10.1. The van der Waals surface area contributed by atoms with E-state index in [4.69, 9.17) is 19.3 Å². The number of carbonyl (C=O) groups excluding carboxylic acids is 3. The van der Waals surface area contributed by atoms with Gasteiger partial charge in [0, 0.05) is 21.8 Å². The van der Waals surface area contributed by atoms with Crippen LogP contribution in [0, 0.1) is 0 Å². The summed E-state index contributed by atoms with van der Waals surface area (Å²) in [6.45, 7) is 1.88. The van der Waals surface area contributed by atoms with Gasteiger partial charge in [-0.05, 0) is 84.8 Å². The van der Waals surface area contributed by atoms with E-state index >= 15 is 0 Å². The van der Waals surface area contributed by atoms with E-state index < -0.39 is 23.0 Å². The summed E-state index contributed by atoms with van der Waals surface area (Å²) in [7, 11) is 4.44. The van der Waals surface area contributed by atoms with Gasteiger partial charge in [-0.3, -0.25) is 14.4 Å². The van der Waals surface area contributed by atoms with Crippen LogP contribution in [0.25, 0.3) is 6.08 Å². The average molecular weight is 670 g/mol. The van der Waals surface area contributed by atoms with Crippen LogP contribution in [0.1, 0.15) is 39.6 Å². The average Bonchev–Trinajstić information content (AvgIpc) is 3.10. The molecule has 0 aromatic heterocycles. The molecule has 0 aliphatic carbocycles. The number of hydrogen-bond donors (Lipinski definition) is 4. The fourth-order valence-corrected chi connectivity index (χ4v) is 5.56. The summed E-state index contributed by atoms with van der Waals surface area (Å²) in [6.07, 6.45) is 2.01. The van der Waals surface area contributed by atoms with Crippen molar-refractivity contribution in [1.82, 2.24) is 5.32 Å². The molecular formula is C36H35N3O8S. The molecule has 4 rings (SSSR count). The van der Waals surface area contributed by atoms with Gasteiger partial charge in [-0.2, -0.15) is 0 Å². The predicted octanol–water partition coefficient (Wildman–Crippen LogP) is 6.33. The number of ether oxygens (including phenoxy) is 3. The number of carbonyl (C=O) groups is 4. The lowest BCUT2D eigenvalue weighted by Gasteiger charge is -2.16. The fourth-order valence-electron chi connectivity index (χ4n) is 4.54. The first-order valence-corrected chi connectivity index (χ1v) is 15.6. The summed E-state index contributed by atoms with van der Waals surface area (Å²) < 4.78 is 16.3. The van der Waals surface area contributed by atoms with E-state index in [1.165, 1.54) is 63.4 Å². The van der Waals surface area contributed by atoms with Gasteiger partial charge >= 0.3 is 5.97 Å². The number of benzene rings is 4. The standard InChI is InChI=1S/C36H35N3O8S/c1-5-31(35(42)37-25-16-14-24(15-17-25)36(43)44)48-27-13-9-12-26(21-27)38-34(41)28(39-33(40)23-10-7-6-8-11-23)18-22-19-29(45-2)32(47-4)30(20-22)46-3/h6-21,31H,5H2,1-4H3,(H,37,42)(H,38,41)(H,39,40)(H,43,44)/b28-18+. The van der Waals surface area contributed by atoms with Gasteiger partial charge in [-0.15, -0.1) is 11.8 Å². The normalized spacial score (nSPS) is 11.5. The molecule has 0 fully saturated rings. The first-order chi connectivity index (χ1) is 23.1. The monoisotopic (exact) mass is 669 g/mol. The quantitative estimate of drug-likeness (QED) is 0.0892. The number of thioether (sulfide) groups is 1. The number of hydrogen-bond acceptors (Lipinski definition) is 8. The predicted molar refractivity (Wildman–Crippen MR) is 185 cm³/mol. The van der Waals surface area contributed by atoms with Crippen molar-refractivity contribution < 1.29 is 38.5 Å². The number of methoxy groups -OCH3 is 3. The van der Waals surface area contributed by atoms with Gasteiger partial charge in [-0.25, -0.2) is 4.79 Å². The van der Waals surface area contributed by atoms with Crippen molar-refractivity contribution in [3.05, 3.63) is 113 Å². The van der Waals surface area contributed by atoms with E-state index in [2.05, 4.69) is 16.0 Å². The Morgan fingerprint density at radius 2 is 1.44 bits per heavy atom. The molecule has 0 radical (unpaired) electrons. The van der Waals surface area contributed by atoms with Gasteiger partial charge in [0.25, 0.3) is 11.8 Å². The van der Waals surface area contributed by atoms with Crippen LogP contribution in [-0.2, 0) is 9.59 Å². The largest absolute Gasteiger partial charge is 0.493 e. The van der Waals surface area contributed by atoms with Gasteiger partial charge in [0.15, 0.2) is 11.5 Å². The molecule has 1 atom stereocenters. The van der Waals surface area contributed by atoms with E-state index in [9.17, 15) is 19.2 Å². The van der Waals surface area contributed by atoms with Crippen LogP contribution in [-0.4, -0.2) is 55.4 Å². The molecule has 4 N–H and O–H groups in total. The Balaban J connectivity index is 1.56. The molecule has 0 saturated heterocycles. The molecule has 48 heavy (non-hydrogen) atoms. The molecule has 0 heterocycles. The van der Waals surface area contributed by atoms with Crippen LogP contribution in [0.4, 0.5) is 11.4 Å². The van der Waals surface area contributed by atoms with E-state index in [0.29, 0.717) is 46.2 Å². The van der Waals surface area contributed by atoms with Crippen molar-refractivity contribution in [3.8, 4) is 17.2 Å². The highest BCUT2D eigenvalue weighted by atomic mass is 32.2. The molecule has 0 saturated carbocycles. The second-order valence-electron chi connectivity index (χ2n) is 10.2. The molecular weight excluding hydrogens is 634 g/mol. The van der Waals surface area contributed by atoms with Crippen LogP contribution < -0.4 is 30.2 Å². The number of carboxylic acids is 1. The summed E-state index contributed by atoms with van der Waals surface area (Å²) in [5.41, 5.74) is 1.86. The zero-order valence-electron chi connectivity index (χ0n) is 26.7. The highest BCUT2D eigenvalue weighted by molar-refractivity contribution is 8.00. The molecule has 0 spiro atoms. The zero-order valence-corrected chi connectivity index (χ0v) is 27.6. The molecule has 12 heteroatoms. The lowest BCUT2D eigenvalue weighted by Crippen LogP contribution is -2.30. The summed E-state index contributed by atoms with van der Waals surface area (Å²) in [5.74, 6) is -1.26. The molecule has 0 aliphatic heterocycles. The first-order valence-electron chi connectivity index (χ1n) is 14.8. The zero-order chi connectivity index (χ0) is 34.6. The van der Waals surface area contributed by atoms with Crippen LogP contribution in [0.2, 0.25) is 0 Å². The van der Waals surface area contributed by atoms with Gasteiger partial charge < -0.3 is 35.3 Å². The fraction of sp³-hybridized carbons (Fsp3) is 0.167. The third-order valence-electron chi connectivity index (χ3n) is 6.96. The van der Waals surface area contributed by atoms with E-state index in [1.54, 1.807) is 60.7 Å². The third-order valence-corrected chi connectivity index (χ3v) is 8.32. The number of aromatic carboxylic acids is 1. The van der Waals surface area contributed by atoms with Crippen molar-refractivity contribution >= 4 is 52.9 Å². The molecule has 4 aromatic carbocycles. The second kappa shape index (κ2) is 16.7. The van der Waals surface area contributed by atoms with E-state index in [1.807, 2.05) is 13.0 Å². The van der Waals surface area contributed by atoms with Crippen molar-refractivity contribution in [3.63, 3.8) is 0 Å². The van der Waals surface area contributed by atoms with Crippen LogP contribution in [0.15, 0.2) is 102 Å². The summed E-state index contributed by atoms with van der Waals surface area (Å²) in [6, 6.07) is 24.7. The number of carboxylic acid groups (broad SMARTS) is 1. The minimum atomic E-state index is -1.05. The molecule has 0 aliphatic rings.